The number of hydrogen-bond acceptors (Lipinski definition) is 10. The molecule has 1 aromatic heterocycles. The van der Waals surface area contributed by atoms with E-state index in [0.29, 0.717) is 22.8 Å². The molecule has 45 heavy (non-hydrogen) atoms. The lowest BCUT2D eigenvalue weighted by Gasteiger charge is -2.49. The first-order chi connectivity index (χ1) is 21.6. The standard InChI is InChI=1S/C30H28N6O7S2/c1-17-33-34-30(43-17)45-16-20-15-44-27-23(26(39)36(27)24(20)28(40)41)31-25(38)22(19-11-7-4-8-12-19)32-29(42)35(2)21(37)14-13-18-9-5-3-6-10-18/h3-14,22-23,27H,15-16H2,1-2H3,(H,31,38)(H,32,42)(H,40,41)/t22?,23?,27-/m0/s1. The molecular formula is C30H28N6O7S2. The molecule has 232 valence electrons. The molecule has 0 aliphatic carbocycles. The van der Waals surface area contributed by atoms with E-state index in [1.807, 2.05) is 18.2 Å². The highest BCUT2D eigenvalue weighted by Gasteiger charge is 2.54. The lowest BCUT2D eigenvalue weighted by atomic mass is 10.0. The van der Waals surface area contributed by atoms with Crippen molar-refractivity contribution in [1.29, 1.82) is 0 Å². The molecule has 3 aromatic rings. The number of aryl methyl sites for hydroxylation is 1. The van der Waals surface area contributed by atoms with Gasteiger partial charge in [0, 0.05) is 31.6 Å². The summed E-state index contributed by atoms with van der Waals surface area (Å²) in [5.74, 6) is -2.26. The van der Waals surface area contributed by atoms with Gasteiger partial charge in [0.25, 0.3) is 17.0 Å². The number of nitrogens with one attached hydrogen (secondary N) is 2. The number of carbonyl (C=O) groups excluding carboxylic acids is 4. The molecule has 5 amide bonds. The third kappa shape index (κ3) is 7.10. The van der Waals surface area contributed by atoms with Gasteiger partial charge in [-0.05, 0) is 22.8 Å². The smallest absolute Gasteiger partial charge is 0.352 e. The predicted molar refractivity (Wildman–Crippen MR) is 165 cm³/mol. The Morgan fingerprint density at radius 2 is 1.82 bits per heavy atom. The van der Waals surface area contributed by atoms with Crippen LogP contribution in [0.3, 0.4) is 0 Å². The van der Waals surface area contributed by atoms with E-state index in [9.17, 15) is 29.1 Å². The molecule has 3 atom stereocenters. The molecule has 2 aromatic carbocycles. The van der Waals surface area contributed by atoms with Gasteiger partial charge in [-0.15, -0.1) is 22.0 Å². The molecule has 15 heteroatoms. The molecule has 0 spiro atoms. The number of hydrogen-bond donors (Lipinski definition) is 3. The van der Waals surface area contributed by atoms with Crippen LogP contribution in [0.1, 0.15) is 23.1 Å². The van der Waals surface area contributed by atoms with E-state index in [4.69, 9.17) is 4.42 Å². The summed E-state index contributed by atoms with van der Waals surface area (Å²) in [6.07, 6.45) is 2.82. The number of imide groups is 1. The zero-order chi connectivity index (χ0) is 32.1. The molecule has 13 nitrogen and oxygen atoms in total. The number of β-lactam (4-membered cyclic amide) rings is 1. The molecule has 2 unspecified atom stereocenters. The SMILES string of the molecule is Cc1nnc(SCC2=C(C(=O)O)N3C(=O)C(NC(=O)C(NC(=O)N(C)C(=O)C=Cc4ccccc4)c4ccccc4)[C@@H]3SC2)o1. The van der Waals surface area contributed by atoms with Gasteiger partial charge in [0.2, 0.25) is 11.8 Å². The van der Waals surface area contributed by atoms with Gasteiger partial charge in [-0.2, -0.15) is 0 Å². The Balaban J connectivity index is 1.27. The van der Waals surface area contributed by atoms with Crippen LogP contribution in [-0.4, -0.2) is 84.8 Å². The third-order valence-electron chi connectivity index (χ3n) is 6.94. The Morgan fingerprint density at radius 1 is 1.13 bits per heavy atom. The van der Waals surface area contributed by atoms with E-state index in [2.05, 4.69) is 20.8 Å². The molecule has 0 bridgehead atoms. The summed E-state index contributed by atoms with van der Waals surface area (Å²) in [5, 5.41) is 22.5. The van der Waals surface area contributed by atoms with Gasteiger partial charge < -0.3 is 20.2 Å². The Bertz CT molecular complexity index is 1680. The molecule has 1 saturated heterocycles. The molecule has 3 heterocycles. The van der Waals surface area contributed by atoms with Crippen LogP contribution >= 0.6 is 23.5 Å². The van der Waals surface area contributed by atoms with Crippen molar-refractivity contribution in [2.45, 2.75) is 29.6 Å². The minimum Gasteiger partial charge on any atom is -0.477 e. The third-order valence-corrected chi connectivity index (χ3v) is 9.19. The van der Waals surface area contributed by atoms with Crippen molar-refractivity contribution in [2.75, 3.05) is 18.6 Å². The average Bonchev–Trinajstić information content (AvgIpc) is 3.48. The zero-order valence-corrected chi connectivity index (χ0v) is 25.7. The fourth-order valence-corrected chi connectivity index (χ4v) is 6.92. The first-order valence-electron chi connectivity index (χ1n) is 13.6. The molecular weight excluding hydrogens is 620 g/mol. The van der Waals surface area contributed by atoms with Crippen LogP contribution in [0, 0.1) is 6.92 Å². The maximum absolute atomic E-state index is 13.6. The van der Waals surface area contributed by atoms with Gasteiger partial charge in [0.05, 0.1) is 0 Å². The molecule has 2 aliphatic rings. The van der Waals surface area contributed by atoms with Crippen LogP contribution in [-0.2, 0) is 19.2 Å². The topological polar surface area (TPSA) is 175 Å². The summed E-state index contributed by atoms with van der Waals surface area (Å²) in [5.41, 5.74) is 1.56. The van der Waals surface area contributed by atoms with Gasteiger partial charge in [0.1, 0.15) is 23.2 Å². The number of carboxylic acids is 1. The number of likely N-dealkylation sites (N-methyl/N-ethyl adjacent to an activating group) is 1. The van der Waals surface area contributed by atoms with E-state index >= 15 is 0 Å². The number of rotatable bonds is 10. The maximum atomic E-state index is 13.6. The highest BCUT2D eigenvalue weighted by Crippen LogP contribution is 2.41. The van der Waals surface area contributed by atoms with Gasteiger partial charge >= 0.3 is 12.0 Å². The lowest BCUT2D eigenvalue weighted by Crippen LogP contribution is -2.71. The summed E-state index contributed by atoms with van der Waals surface area (Å²) in [4.78, 5) is 66.8. The van der Waals surface area contributed by atoms with Gasteiger partial charge in [-0.25, -0.2) is 9.59 Å². The number of aliphatic carboxylic acids is 1. The van der Waals surface area contributed by atoms with Gasteiger partial charge in [-0.3, -0.25) is 24.2 Å². The number of benzene rings is 2. The molecule has 0 saturated carbocycles. The Morgan fingerprint density at radius 3 is 2.47 bits per heavy atom. The molecule has 1 fully saturated rings. The van der Waals surface area contributed by atoms with Crippen LogP contribution < -0.4 is 10.6 Å². The number of fused-ring (bicyclic) bond motifs is 1. The first kappa shape index (κ1) is 31.5. The first-order valence-corrected chi connectivity index (χ1v) is 15.7. The van der Waals surface area contributed by atoms with Crippen molar-refractivity contribution in [2.24, 2.45) is 0 Å². The maximum Gasteiger partial charge on any atom is 0.352 e. The molecule has 5 rings (SSSR count). The Kier molecular flexibility index (Phi) is 9.68. The second kappa shape index (κ2) is 13.8. The largest absolute Gasteiger partial charge is 0.477 e. The van der Waals surface area contributed by atoms with Crippen LogP contribution in [0.25, 0.3) is 6.08 Å². The minimum absolute atomic E-state index is 0.144. The van der Waals surface area contributed by atoms with Crippen molar-refractivity contribution >= 4 is 59.3 Å². The normalized spacial score (nSPS) is 18.2. The highest BCUT2D eigenvalue weighted by molar-refractivity contribution is 8.01. The van der Waals surface area contributed by atoms with Crippen molar-refractivity contribution < 1.29 is 33.5 Å². The summed E-state index contributed by atoms with van der Waals surface area (Å²) in [6.45, 7) is 1.64. The van der Waals surface area contributed by atoms with Gasteiger partial charge in [0.15, 0.2) is 0 Å². The number of amides is 5. The number of aromatic nitrogens is 2. The summed E-state index contributed by atoms with van der Waals surface area (Å²) < 4.78 is 5.34. The van der Waals surface area contributed by atoms with Crippen molar-refractivity contribution in [3.8, 4) is 0 Å². The number of urea groups is 1. The van der Waals surface area contributed by atoms with Crippen molar-refractivity contribution in [1.82, 2.24) is 30.6 Å². The quantitative estimate of drug-likeness (QED) is 0.168. The predicted octanol–water partition coefficient (Wildman–Crippen LogP) is 2.83. The number of nitrogens with zero attached hydrogens (tertiary/aromatic N) is 4. The number of carbonyl (C=O) groups is 5. The van der Waals surface area contributed by atoms with Crippen molar-refractivity contribution in [3.05, 3.63) is 95.0 Å². The second-order valence-electron chi connectivity index (χ2n) is 9.96. The van der Waals surface area contributed by atoms with E-state index in [1.54, 1.807) is 55.5 Å². The average molecular weight is 649 g/mol. The fraction of sp³-hybridized carbons (Fsp3) is 0.233. The Hall–Kier alpha value is -4.89. The second-order valence-corrected chi connectivity index (χ2v) is 12.0. The number of thioether (sulfide) groups is 2. The molecule has 0 radical (unpaired) electrons. The van der Waals surface area contributed by atoms with Crippen LogP contribution in [0.5, 0.6) is 0 Å². The van der Waals surface area contributed by atoms with Crippen molar-refractivity contribution in [3.63, 3.8) is 0 Å². The molecule has 3 N–H and O–H groups in total. The van der Waals surface area contributed by atoms with Gasteiger partial charge in [-0.1, -0.05) is 72.4 Å². The summed E-state index contributed by atoms with van der Waals surface area (Å²) in [6, 6.07) is 14.4. The highest BCUT2D eigenvalue weighted by atomic mass is 32.2. The van der Waals surface area contributed by atoms with Crippen LogP contribution in [0.15, 0.2) is 87.6 Å². The lowest BCUT2D eigenvalue weighted by molar-refractivity contribution is -0.151. The summed E-state index contributed by atoms with van der Waals surface area (Å²) >= 11 is 2.48. The van der Waals surface area contributed by atoms with Crippen LogP contribution in [0.4, 0.5) is 4.79 Å². The van der Waals surface area contributed by atoms with E-state index < -0.39 is 47.2 Å². The van der Waals surface area contributed by atoms with E-state index in [0.717, 1.165) is 15.4 Å². The Labute approximate surface area is 266 Å². The zero-order valence-electron chi connectivity index (χ0n) is 24.1. The minimum atomic E-state index is -1.26. The van der Waals surface area contributed by atoms with E-state index in [-0.39, 0.29) is 16.7 Å². The van der Waals surface area contributed by atoms with E-state index in [1.165, 1.54) is 36.6 Å². The molecule has 2 aliphatic heterocycles. The fourth-order valence-electron chi connectivity index (χ4n) is 4.63. The van der Waals surface area contributed by atoms with Crippen LogP contribution in [0.2, 0.25) is 0 Å². The summed E-state index contributed by atoms with van der Waals surface area (Å²) in [7, 11) is 1.29. The monoisotopic (exact) mass is 648 g/mol. The number of carboxylic acid groups (broad SMARTS) is 1.